The molecule has 1 aromatic carbocycles. The van der Waals surface area contributed by atoms with Gasteiger partial charge in [-0.2, -0.15) is 0 Å². The van der Waals surface area contributed by atoms with Gasteiger partial charge in [0.2, 0.25) is 0 Å². The van der Waals surface area contributed by atoms with Crippen LogP contribution in [0.1, 0.15) is 19.3 Å². The van der Waals surface area contributed by atoms with E-state index >= 15 is 0 Å². The minimum Gasteiger partial charge on any atom is -0.497 e. The van der Waals surface area contributed by atoms with E-state index in [4.69, 9.17) is 9.47 Å². The van der Waals surface area contributed by atoms with Crippen LogP contribution in [0.25, 0.3) is 0 Å². The van der Waals surface area contributed by atoms with Crippen molar-refractivity contribution < 1.29 is 19.4 Å². The van der Waals surface area contributed by atoms with E-state index in [-0.39, 0.29) is 12.6 Å². The number of likely N-dealkylation sites (tertiary alicyclic amines) is 1. The summed E-state index contributed by atoms with van der Waals surface area (Å²) in [6.07, 6.45) is 3.03. The van der Waals surface area contributed by atoms with Crippen molar-refractivity contribution in [3.8, 4) is 11.5 Å². The van der Waals surface area contributed by atoms with Gasteiger partial charge in [0, 0.05) is 19.2 Å². The number of rotatable bonds is 7. The average Bonchev–Trinajstić information content (AvgIpc) is 2.60. The van der Waals surface area contributed by atoms with Gasteiger partial charge in [-0.3, -0.25) is 0 Å². The summed E-state index contributed by atoms with van der Waals surface area (Å²) in [5.41, 5.74) is 0.514. The molecular formula is C17H27N3O4. The molecule has 7 heteroatoms. The molecule has 1 aliphatic rings. The van der Waals surface area contributed by atoms with Gasteiger partial charge in [-0.25, -0.2) is 4.79 Å². The number of aliphatic hydroxyl groups excluding tert-OH is 1. The average molecular weight is 337 g/mol. The molecule has 1 aliphatic heterocycles. The summed E-state index contributed by atoms with van der Waals surface area (Å²) in [5.74, 6) is 1.16. The first-order chi connectivity index (χ1) is 11.6. The Morgan fingerprint density at radius 2 is 2.00 bits per heavy atom. The van der Waals surface area contributed by atoms with Crippen molar-refractivity contribution in [2.45, 2.75) is 25.4 Å². The number of nitrogens with zero attached hydrogens (tertiary/aromatic N) is 1. The Bertz CT molecular complexity index is 533. The molecule has 0 spiro atoms. The summed E-state index contributed by atoms with van der Waals surface area (Å²) < 4.78 is 10.4. The van der Waals surface area contributed by atoms with Gasteiger partial charge >= 0.3 is 6.03 Å². The van der Waals surface area contributed by atoms with Crippen molar-refractivity contribution in [1.29, 1.82) is 0 Å². The third kappa shape index (κ3) is 5.58. The molecule has 1 saturated heterocycles. The molecule has 1 fully saturated rings. The minimum absolute atomic E-state index is 0.203. The molecule has 0 unspecified atom stereocenters. The molecule has 1 atom stereocenters. The highest BCUT2D eigenvalue weighted by molar-refractivity contribution is 5.91. The summed E-state index contributed by atoms with van der Waals surface area (Å²) in [6, 6.07) is 4.77. The van der Waals surface area contributed by atoms with E-state index in [2.05, 4.69) is 15.5 Å². The first kappa shape index (κ1) is 18.4. The Morgan fingerprint density at radius 1 is 1.25 bits per heavy atom. The number of carbonyl (C=O) groups is 1. The fraction of sp³-hybridized carbons (Fsp3) is 0.588. The van der Waals surface area contributed by atoms with Crippen molar-refractivity contribution in [3.05, 3.63) is 18.2 Å². The molecule has 0 saturated carbocycles. The number of amides is 2. The molecular weight excluding hydrogens is 310 g/mol. The third-order valence-corrected chi connectivity index (χ3v) is 4.07. The van der Waals surface area contributed by atoms with Crippen molar-refractivity contribution in [2.75, 3.05) is 45.7 Å². The van der Waals surface area contributed by atoms with Crippen LogP contribution in [0.3, 0.4) is 0 Å². The Labute approximate surface area is 142 Å². The van der Waals surface area contributed by atoms with Crippen molar-refractivity contribution in [1.82, 2.24) is 10.2 Å². The topological polar surface area (TPSA) is 83.1 Å². The quantitative estimate of drug-likeness (QED) is 0.705. The van der Waals surface area contributed by atoms with Crippen LogP contribution in [0.2, 0.25) is 0 Å². The second-order valence-electron chi connectivity index (χ2n) is 5.92. The zero-order valence-electron chi connectivity index (χ0n) is 14.4. The number of hydrogen-bond donors (Lipinski definition) is 3. The normalized spacial score (nSPS) is 16.3. The fourth-order valence-corrected chi connectivity index (χ4v) is 2.79. The van der Waals surface area contributed by atoms with Crippen LogP contribution in [0.15, 0.2) is 18.2 Å². The number of urea groups is 1. The lowest BCUT2D eigenvalue weighted by Crippen LogP contribution is -2.43. The van der Waals surface area contributed by atoms with Gasteiger partial charge in [-0.1, -0.05) is 6.42 Å². The Balaban J connectivity index is 1.80. The van der Waals surface area contributed by atoms with Gasteiger partial charge in [-0.15, -0.1) is 0 Å². The molecule has 1 aromatic rings. The van der Waals surface area contributed by atoms with E-state index < -0.39 is 6.10 Å². The van der Waals surface area contributed by atoms with E-state index in [0.717, 1.165) is 13.1 Å². The van der Waals surface area contributed by atoms with Gasteiger partial charge in [-0.05, 0) is 38.1 Å². The molecule has 3 N–H and O–H groups in total. The molecule has 1 heterocycles. The lowest BCUT2D eigenvalue weighted by atomic mass is 10.1. The Kier molecular flexibility index (Phi) is 7.14. The first-order valence-corrected chi connectivity index (χ1v) is 8.29. The molecule has 0 radical (unpaired) electrons. The lowest BCUT2D eigenvalue weighted by molar-refractivity contribution is 0.102. The molecule has 0 aliphatic carbocycles. The summed E-state index contributed by atoms with van der Waals surface area (Å²) in [6.45, 7) is 2.83. The molecule has 0 aromatic heterocycles. The number of hydrogen-bond acceptors (Lipinski definition) is 5. The number of piperidine rings is 1. The van der Waals surface area contributed by atoms with Crippen LogP contribution in [0.5, 0.6) is 11.5 Å². The zero-order chi connectivity index (χ0) is 17.4. The fourth-order valence-electron chi connectivity index (χ4n) is 2.79. The SMILES string of the molecule is COc1ccc(OC)c(NC(=O)NC[C@H](O)CN2CCCCC2)c1. The van der Waals surface area contributed by atoms with Crippen molar-refractivity contribution >= 4 is 11.7 Å². The van der Waals surface area contributed by atoms with Crippen LogP contribution < -0.4 is 20.1 Å². The van der Waals surface area contributed by atoms with Crippen LogP contribution in [-0.2, 0) is 0 Å². The number of ether oxygens (including phenoxy) is 2. The number of benzene rings is 1. The first-order valence-electron chi connectivity index (χ1n) is 8.29. The predicted octanol–water partition coefficient (Wildman–Crippen LogP) is 1.67. The number of nitrogens with one attached hydrogen (secondary N) is 2. The van der Waals surface area contributed by atoms with Crippen molar-refractivity contribution in [2.24, 2.45) is 0 Å². The van der Waals surface area contributed by atoms with E-state index in [9.17, 15) is 9.90 Å². The van der Waals surface area contributed by atoms with Crippen LogP contribution in [-0.4, -0.2) is 62.5 Å². The summed E-state index contributed by atoms with van der Waals surface area (Å²) in [7, 11) is 3.09. The summed E-state index contributed by atoms with van der Waals surface area (Å²) in [5, 5.41) is 15.5. The number of β-amino-alcohol motifs (C(OH)–C–C–N with tert-alkyl or cyclic N) is 1. The maximum absolute atomic E-state index is 12.0. The number of methoxy groups -OCH3 is 2. The highest BCUT2D eigenvalue weighted by Gasteiger charge is 2.15. The van der Waals surface area contributed by atoms with Crippen LogP contribution >= 0.6 is 0 Å². The van der Waals surface area contributed by atoms with Gasteiger partial charge in [0.05, 0.1) is 26.0 Å². The Morgan fingerprint density at radius 3 is 2.67 bits per heavy atom. The van der Waals surface area contributed by atoms with E-state index in [1.54, 1.807) is 25.3 Å². The van der Waals surface area contributed by atoms with Gasteiger partial charge in [0.1, 0.15) is 11.5 Å². The molecule has 134 valence electrons. The van der Waals surface area contributed by atoms with E-state index in [1.807, 2.05) is 0 Å². The van der Waals surface area contributed by atoms with Crippen LogP contribution in [0.4, 0.5) is 10.5 Å². The van der Waals surface area contributed by atoms with E-state index in [0.29, 0.717) is 23.7 Å². The Hall–Kier alpha value is -1.99. The largest absolute Gasteiger partial charge is 0.497 e. The maximum Gasteiger partial charge on any atom is 0.319 e. The standard InChI is InChI=1S/C17H27N3O4/c1-23-14-6-7-16(24-2)15(10-14)19-17(22)18-11-13(21)12-20-8-4-3-5-9-20/h6-7,10,13,21H,3-5,8-9,11-12H2,1-2H3,(H2,18,19,22)/t13-/m0/s1. The molecule has 7 nitrogen and oxygen atoms in total. The monoisotopic (exact) mass is 337 g/mol. The van der Waals surface area contributed by atoms with Crippen molar-refractivity contribution in [3.63, 3.8) is 0 Å². The van der Waals surface area contributed by atoms with E-state index in [1.165, 1.54) is 26.4 Å². The minimum atomic E-state index is -0.582. The second kappa shape index (κ2) is 9.34. The number of carbonyl (C=O) groups excluding carboxylic acids is 1. The maximum atomic E-state index is 12.0. The zero-order valence-corrected chi connectivity index (χ0v) is 14.4. The van der Waals surface area contributed by atoms with Gasteiger partial charge < -0.3 is 30.1 Å². The summed E-state index contributed by atoms with van der Waals surface area (Å²) in [4.78, 5) is 14.3. The lowest BCUT2D eigenvalue weighted by Gasteiger charge is -2.28. The molecule has 24 heavy (non-hydrogen) atoms. The molecule has 2 rings (SSSR count). The highest BCUT2D eigenvalue weighted by atomic mass is 16.5. The summed E-state index contributed by atoms with van der Waals surface area (Å²) >= 11 is 0. The smallest absolute Gasteiger partial charge is 0.319 e. The number of anilines is 1. The second-order valence-corrected chi connectivity index (χ2v) is 5.92. The third-order valence-electron chi connectivity index (χ3n) is 4.07. The highest BCUT2D eigenvalue weighted by Crippen LogP contribution is 2.28. The van der Waals surface area contributed by atoms with Gasteiger partial charge in [0.15, 0.2) is 0 Å². The predicted molar refractivity (Wildman–Crippen MR) is 92.9 cm³/mol. The molecule has 0 bridgehead atoms. The van der Waals surface area contributed by atoms with Gasteiger partial charge in [0.25, 0.3) is 0 Å². The van der Waals surface area contributed by atoms with Crippen LogP contribution in [0, 0.1) is 0 Å². The molecule has 2 amide bonds. The number of aliphatic hydroxyl groups is 1.